The molecule has 15 heavy (non-hydrogen) atoms. The monoisotopic (exact) mass is 220 g/mol. The number of carbonyl (C=O) groups is 1. The summed E-state index contributed by atoms with van der Waals surface area (Å²) in [7, 11) is 0. The van der Waals surface area contributed by atoms with Crippen LogP contribution in [-0.2, 0) is 17.4 Å². The quantitative estimate of drug-likeness (QED) is 0.787. The third kappa shape index (κ3) is 2.58. The number of anilines is 1. The number of hydrogen-bond donors (Lipinski definition) is 2. The van der Waals surface area contributed by atoms with Crippen molar-refractivity contribution >= 4 is 11.7 Å². The second kappa shape index (κ2) is 3.76. The highest BCUT2D eigenvalue weighted by Gasteiger charge is 2.36. The van der Waals surface area contributed by atoms with Gasteiger partial charge in [-0.2, -0.15) is 13.2 Å². The number of nitrogen functional groups attached to an aromatic ring is 1. The molecule has 4 nitrogen and oxygen atoms in total. The van der Waals surface area contributed by atoms with Crippen LogP contribution in [0.4, 0.5) is 18.9 Å². The molecule has 0 amide bonds. The van der Waals surface area contributed by atoms with Crippen LogP contribution in [0.2, 0.25) is 0 Å². The topological polar surface area (TPSA) is 76.2 Å². The minimum atomic E-state index is -4.69. The Hall–Kier alpha value is -1.79. The summed E-state index contributed by atoms with van der Waals surface area (Å²) in [5.41, 5.74) is 2.86. The average molecular weight is 220 g/mol. The van der Waals surface area contributed by atoms with Gasteiger partial charge in [-0.25, -0.2) is 0 Å². The van der Waals surface area contributed by atoms with E-state index in [1.54, 1.807) is 0 Å². The van der Waals surface area contributed by atoms with Crippen LogP contribution in [0.15, 0.2) is 12.3 Å². The first-order valence-corrected chi connectivity index (χ1v) is 3.84. The molecule has 3 N–H and O–H groups in total. The minimum Gasteiger partial charge on any atom is -0.481 e. The Labute approximate surface area is 82.5 Å². The zero-order valence-electron chi connectivity index (χ0n) is 7.38. The molecule has 0 radical (unpaired) electrons. The number of aromatic nitrogens is 1. The molecule has 7 heteroatoms. The van der Waals surface area contributed by atoms with Crippen LogP contribution in [0.3, 0.4) is 0 Å². The molecule has 0 aromatic carbocycles. The molecule has 0 saturated carbocycles. The number of aliphatic carboxylic acids is 1. The summed E-state index contributed by atoms with van der Waals surface area (Å²) in [4.78, 5) is 13.7. The van der Waals surface area contributed by atoms with Crippen LogP contribution in [-0.4, -0.2) is 16.1 Å². The van der Waals surface area contributed by atoms with E-state index in [1.807, 2.05) is 0 Å². The lowest BCUT2D eigenvalue weighted by Gasteiger charge is -2.12. The standard InChI is InChI=1S/C8H7F3N2O2/c9-8(10,11)7-4(12)1-2-13-5(7)3-6(14)15/h1-2H,3H2,(H2,12,13)(H,14,15). The molecule has 1 rings (SSSR count). The van der Waals surface area contributed by atoms with E-state index in [1.165, 1.54) is 0 Å². The predicted molar refractivity (Wildman–Crippen MR) is 45.0 cm³/mol. The number of carboxylic acid groups (broad SMARTS) is 1. The Morgan fingerprint density at radius 3 is 2.60 bits per heavy atom. The summed E-state index contributed by atoms with van der Waals surface area (Å²) >= 11 is 0. The second-order valence-corrected chi connectivity index (χ2v) is 2.79. The highest BCUT2D eigenvalue weighted by molar-refractivity contribution is 5.71. The molecule has 1 aromatic rings. The number of halogens is 3. The summed E-state index contributed by atoms with van der Waals surface area (Å²) in [6.45, 7) is 0. The first-order valence-electron chi connectivity index (χ1n) is 3.84. The third-order valence-electron chi connectivity index (χ3n) is 1.66. The van der Waals surface area contributed by atoms with Gasteiger partial charge in [0.1, 0.15) is 5.56 Å². The Kier molecular flexibility index (Phi) is 2.83. The van der Waals surface area contributed by atoms with Crippen LogP contribution >= 0.6 is 0 Å². The molecule has 0 aliphatic heterocycles. The van der Waals surface area contributed by atoms with E-state index in [4.69, 9.17) is 10.8 Å². The average Bonchev–Trinajstić information content (AvgIpc) is 1.99. The van der Waals surface area contributed by atoms with Gasteiger partial charge in [0.15, 0.2) is 0 Å². The van der Waals surface area contributed by atoms with Crippen LogP contribution in [0.25, 0.3) is 0 Å². The minimum absolute atomic E-state index is 0.520. The van der Waals surface area contributed by atoms with Gasteiger partial charge in [0.2, 0.25) is 0 Å². The number of carboxylic acids is 1. The SMILES string of the molecule is Nc1ccnc(CC(=O)O)c1C(F)(F)F. The Balaban J connectivity index is 3.27. The molecule has 0 saturated heterocycles. The maximum atomic E-state index is 12.4. The number of nitrogens with two attached hydrogens (primary N) is 1. The molecule has 0 fully saturated rings. The second-order valence-electron chi connectivity index (χ2n) is 2.79. The fraction of sp³-hybridized carbons (Fsp3) is 0.250. The van der Waals surface area contributed by atoms with Gasteiger partial charge in [-0.15, -0.1) is 0 Å². The fourth-order valence-corrected chi connectivity index (χ4v) is 1.13. The van der Waals surface area contributed by atoms with E-state index in [0.717, 1.165) is 12.3 Å². The first kappa shape index (κ1) is 11.3. The van der Waals surface area contributed by atoms with Crippen LogP contribution < -0.4 is 5.73 Å². The van der Waals surface area contributed by atoms with E-state index in [-0.39, 0.29) is 0 Å². The van der Waals surface area contributed by atoms with Crippen molar-refractivity contribution in [2.45, 2.75) is 12.6 Å². The number of alkyl halides is 3. The number of hydrogen-bond acceptors (Lipinski definition) is 3. The van der Waals surface area contributed by atoms with Gasteiger partial charge in [0.05, 0.1) is 12.1 Å². The van der Waals surface area contributed by atoms with Crippen LogP contribution in [0, 0.1) is 0 Å². The maximum Gasteiger partial charge on any atom is 0.420 e. The summed E-state index contributed by atoms with van der Waals surface area (Å²) in [5.74, 6) is -1.39. The van der Waals surface area contributed by atoms with Crippen molar-refractivity contribution in [3.8, 4) is 0 Å². The molecular formula is C8H7F3N2O2. The molecule has 0 spiro atoms. The lowest BCUT2D eigenvalue weighted by molar-refractivity contribution is -0.139. The van der Waals surface area contributed by atoms with Gasteiger partial charge < -0.3 is 10.8 Å². The Morgan fingerprint density at radius 2 is 2.13 bits per heavy atom. The van der Waals surface area contributed by atoms with Crippen molar-refractivity contribution in [1.29, 1.82) is 0 Å². The van der Waals surface area contributed by atoms with E-state index >= 15 is 0 Å². The smallest absolute Gasteiger partial charge is 0.420 e. The van der Waals surface area contributed by atoms with Crippen molar-refractivity contribution in [2.75, 3.05) is 5.73 Å². The van der Waals surface area contributed by atoms with Gasteiger partial charge >= 0.3 is 12.1 Å². The summed E-state index contributed by atoms with van der Waals surface area (Å²) in [6.07, 6.45) is -4.45. The molecule has 1 aromatic heterocycles. The Morgan fingerprint density at radius 1 is 1.53 bits per heavy atom. The molecule has 0 unspecified atom stereocenters. The third-order valence-corrected chi connectivity index (χ3v) is 1.66. The normalized spacial score (nSPS) is 11.4. The number of pyridine rings is 1. The zero-order valence-corrected chi connectivity index (χ0v) is 7.38. The fourth-order valence-electron chi connectivity index (χ4n) is 1.13. The molecular weight excluding hydrogens is 213 g/mol. The van der Waals surface area contributed by atoms with Crippen molar-refractivity contribution in [1.82, 2.24) is 4.98 Å². The molecule has 0 bridgehead atoms. The van der Waals surface area contributed by atoms with Gasteiger partial charge in [0, 0.05) is 11.9 Å². The molecule has 0 aliphatic carbocycles. The van der Waals surface area contributed by atoms with Gasteiger partial charge in [0.25, 0.3) is 0 Å². The van der Waals surface area contributed by atoms with Crippen molar-refractivity contribution in [2.24, 2.45) is 0 Å². The van der Waals surface area contributed by atoms with Crippen LogP contribution in [0.5, 0.6) is 0 Å². The van der Waals surface area contributed by atoms with Gasteiger partial charge in [-0.1, -0.05) is 0 Å². The maximum absolute atomic E-state index is 12.4. The summed E-state index contributed by atoms with van der Waals surface area (Å²) in [6, 6.07) is 0.980. The van der Waals surface area contributed by atoms with Crippen LogP contribution in [0.1, 0.15) is 11.3 Å². The summed E-state index contributed by atoms with van der Waals surface area (Å²) in [5, 5.41) is 8.40. The lowest BCUT2D eigenvalue weighted by atomic mass is 10.1. The van der Waals surface area contributed by atoms with E-state index < -0.39 is 35.5 Å². The number of rotatable bonds is 2. The largest absolute Gasteiger partial charge is 0.481 e. The molecule has 1 heterocycles. The Bertz CT molecular complexity index is 390. The van der Waals surface area contributed by atoms with E-state index in [9.17, 15) is 18.0 Å². The number of nitrogens with zero attached hydrogens (tertiary/aromatic N) is 1. The van der Waals surface area contributed by atoms with E-state index in [0.29, 0.717) is 0 Å². The molecule has 0 atom stereocenters. The zero-order chi connectivity index (χ0) is 11.6. The molecule has 0 aliphatic rings. The highest BCUT2D eigenvalue weighted by Crippen LogP contribution is 2.35. The van der Waals surface area contributed by atoms with Crippen molar-refractivity contribution in [3.63, 3.8) is 0 Å². The first-order chi connectivity index (χ1) is 6.82. The highest BCUT2D eigenvalue weighted by atomic mass is 19.4. The van der Waals surface area contributed by atoms with Crippen molar-refractivity contribution in [3.05, 3.63) is 23.5 Å². The van der Waals surface area contributed by atoms with Gasteiger partial charge in [-0.05, 0) is 6.07 Å². The lowest BCUT2D eigenvalue weighted by Crippen LogP contribution is -2.16. The van der Waals surface area contributed by atoms with Crippen molar-refractivity contribution < 1.29 is 23.1 Å². The predicted octanol–water partition coefficient (Wildman–Crippen LogP) is 1.31. The van der Waals surface area contributed by atoms with Gasteiger partial charge in [-0.3, -0.25) is 9.78 Å². The molecule has 82 valence electrons. The van der Waals surface area contributed by atoms with E-state index in [2.05, 4.69) is 4.98 Å². The summed E-state index contributed by atoms with van der Waals surface area (Å²) < 4.78 is 37.3.